The van der Waals surface area contributed by atoms with Crippen molar-refractivity contribution >= 4 is 17.6 Å². The topological polar surface area (TPSA) is 113 Å². The minimum atomic E-state index is -4.89. The number of hydrogen-bond donors (Lipinski definition) is 2. The van der Waals surface area contributed by atoms with Gasteiger partial charge in [-0.2, -0.15) is 18.4 Å². The van der Waals surface area contributed by atoms with E-state index in [2.05, 4.69) is 0 Å². The summed E-state index contributed by atoms with van der Waals surface area (Å²) in [5, 5.41) is 29.0. The van der Waals surface area contributed by atoms with E-state index in [9.17, 15) is 38.2 Å². The highest BCUT2D eigenvalue weighted by molar-refractivity contribution is 6.31. The average molecular weight is 445 g/mol. The lowest BCUT2D eigenvalue weighted by atomic mass is 9.96. The largest absolute Gasteiger partial charge is 0.495 e. The van der Waals surface area contributed by atoms with Gasteiger partial charge in [0.2, 0.25) is 0 Å². The van der Waals surface area contributed by atoms with Crippen LogP contribution < -0.4 is 10.3 Å². The fourth-order valence-corrected chi connectivity index (χ4v) is 3.02. The Labute approximate surface area is 173 Å². The summed E-state index contributed by atoms with van der Waals surface area (Å²) >= 11 is 5.95. The molecule has 0 radical (unpaired) electrons. The monoisotopic (exact) mass is 444 g/mol. The third-order valence-electron chi connectivity index (χ3n) is 4.56. The third kappa shape index (κ3) is 4.58. The van der Waals surface area contributed by atoms with E-state index < -0.39 is 35.8 Å². The Morgan fingerprint density at radius 3 is 2.43 bits per heavy atom. The second-order valence-corrected chi connectivity index (χ2v) is 6.84. The van der Waals surface area contributed by atoms with Crippen LogP contribution in [0.5, 0.6) is 5.75 Å². The SMILES string of the molecule is COc1cn(C(C(=O)O)C(O)C(C)C(F)(F)F)c(=O)cc1-c1cc(Cl)ccc1C#N. The summed E-state index contributed by atoms with van der Waals surface area (Å²) in [7, 11) is 1.19. The molecule has 0 saturated carbocycles. The normalized spacial score (nSPS) is 14.5. The quantitative estimate of drug-likeness (QED) is 0.707. The molecule has 0 aliphatic carbocycles. The highest BCUT2D eigenvalue weighted by atomic mass is 35.5. The number of alkyl halides is 3. The first-order valence-corrected chi connectivity index (χ1v) is 8.78. The van der Waals surface area contributed by atoms with Crippen molar-refractivity contribution in [2.45, 2.75) is 25.2 Å². The molecule has 0 aliphatic rings. The number of nitrogens with zero attached hydrogens (tertiary/aromatic N) is 2. The van der Waals surface area contributed by atoms with Crippen LogP contribution in [-0.4, -0.2) is 40.1 Å². The molecule has 160 valence electrons. The maximum Gasteiger partial charge on any atom is 0.394 e. The molecule has 0 spiro atoms. The number of nitriles is 1. The minimum Gasteiger partial charge on any atom is -0.495 e. The molecule has 1 aromatic heterocycles. The molecule has 0 bridgehead atoms. The van der Waals surface area contributed by atoms with E-state index in [-0.39, 0.29) is 27.5 Å². The number of aliphatic carboxylic acids is 1. The van der Waals surface area contributed by atoms with E-state index in [1.54, 1.807) is 0 Å². The number of methoxy groups -OCH3 is 1. The molecule has 0 aliphatic heterocycles. The van der Waals surface area contributed by atoms with Gasteiger partial charge in [0, 0.05) is 22.2 Å². The molecule has 1 heterocycles. The second kappa shape index (κ2) is 8.77. The van der Waals surface area contributed by atoms with Crippen LogP contribution in [0, 0.1) is 17.2 Å². The highest BCUT2D eigenvalue weighted by Gasteiger charge is 2.46. The second-order valence-electron chi connectivity index (χ2n) is 6.41. The number of carbonyl (C=O) groups is 1. The van der Waals surface area contributed by atoms with Gasteiger partial charge in [-0.25, -0.2) is 4.79 Å². The van der Waals surface area contributed by atoms with Crippen molar-refractivity contribution in [1.82, 2.24) is 4.57 Å². The van der Waals surface area contributed by atoms with E-state index in [1.165, 1.54) is 25.3 Å². The first kappa shape index (κ1) is 23.3. The molecular formula is C19H16ClF3N2O5. The number of hydrogen-bond acceptors (Lipinski definition) is 5. The van der Waals surface area contributed by atoms with Crippen LogP contribution in [0.2, 0.25) is 5.02 Å². The molecule has 11 heteroatoms. The zero-order chi connectivity index (χ0) is 22.8. The number of carboxylic acids is 1. The summed E-state index contributed by atoms with van der Waals surface area (Å²) in [5.74, 6) is -4.36. The van der Waals surface area contributed by atoms with Gasteiger partial charge in [-0.15, -0.1) is 0 Å². The van der Waals surface area contributed by atoms with Crippen molar-refractivity contribution in [2.75, 3.05) is 7.11 Å². The van der Waals surface area contributed by atoms with Gasteiger partial charge in [0.15, 0.2) is 6.04 Å². The number of ether oxygens (including phenoxy) is 1. The number of aromatic nitrogens is 1. The number of halogens is 4. The first-order chi connectivity index (χ1) is 13.9. The van der Waals surface area contributed by atoms with Gasteiger partial charge >= 0.3 is 12.1 Å². The molecule has 0 fully saturated rings. The maximum atomic E-state index is 13.0. The Morgan fingerprint density at radius 1 is 1.30 bits per heavy atom. The van der Waals surface area contributed by atoms with Crippen molar-refractivity contribution in [2.24, 2.45) is 5.92 Å². The fraction of sp³-hybridized carbons (Fsp3) is 0.316. The maximum absolute atomic E-state index is 13.0. The van der Waals surface area contributed by atoms with Crippen LogP contribution in [-0.2, 0) is 4.79 Å². The molecular weight excluding hydrogens is 429 g/mol. The number of pyridine rings is 1. The van der Waals surface area contributed by atoms with Crippen molar-refractivity contribution < 1.29 is 32.9 Å². The predicted octanol–water partition coefficient (Wildman–Crippen LogP) is 3.23. The third-order valence-corrected chi connectivity index (χ3v) is 4.80. The number of rotatable bonds is 6. The van der Waals surface area contributed by atoms with Crippen molar-refractivity contribution in [3.8, 4) is 22.9 Å². The molecule has 2 rings (SSSR count). The van der Waals surface area contributed by atoms with Gasteiger partial charge in [-0.05, 0) is 18.2 Å². The summed E-state index contributed by atoms with van der Waals surface area (Å²) in [4.78, 5) is 24.3. The van der Waals surface area contributed by atoms with Crippen LogP contribution in [0.15, 0.2) is 35.3 Å². The lowest BCUT2D eigenvalue weighted by Gasteiger charge is -2.28. The van der Waals surface area contributed by atoms with E-state index >= 15 is 0 Å². The summed E-state index contributed by atoms with van der Waals surface area (Å²) < 4.78 is 44.6. The zero-order valence-electron chi connectivity index (χ0n) is 15.6. The van der Waals surface area contributed by atoms with E-state index in [0.717, 1.165) is 12.3 Å². The molecule has 0 amide bonds. The predicted molar refractivity (Wildman–Crippen MR) is 100 cm³/mol. The molecule has 3 unspecified atom stereocenters. The number of benzene rings is 1. The lowest BCUT2D eigenvalue weighted by molar-refractivity contribution is -0.202. The van der Waals surface area contributed by atoms with Gasteiger partial charge in [0.1, 0.15) is 5.75 Å². The Hall–Kier alpha value is -3.03. The van der Waals surface area contributed by atoms with Gasteiger partial charge in [0.05, 0.1) is 37.0 Å². The van der Waals surface area contributed by atoms with Crippen molar-refractivity contribution in [1.29, 1.82) is 5.26 Å². The van der Waals surface area contributed by atoms with Gasteiger partial charge < -0.3 is 14.9 Å². The standard InChI is InChI=1S/C19H16ClF3N2O5/c1-9(19(21,22)23)17(27)16(18(28)29)25-8-14(30-2)13(6-15(25)26)12-5-11(20)4-3-10(12)7-24/h3-6,8-9,16-17,27H,1-2H3,(H,28,29). The van der Waals surface area contributed by atoms with E-state index in [4.69, 9.17) is 16.3 Å². The van der Waals surface area contributed by atoms with Crippen molar-refractivity contribution in [3.63, 3.8) is 0 Å². The summed E-state index contributed by atoms with van der Waals surface area (Å²) in [5.41, 5.74) is -0.590. The highest BCUT2D eigenvalue weighted by Crippen LogP contribution is 2.36. The molecule has 3 atom stereocenters. The Morgan fingerprint density at radius 2 is 1.93 bits per heavy atom. The smallest absolute Gasteiger partial charge is 0.394 e. The zero-order valence-corrected chi connectivity index (χ0v) is 16.4. The summed E-state index contributed by atoms with van der Waals surface area (Å²) in [6.07, 6.45) is -6.45. The van der Waals surface area contributed by atoms with E-state index in [1.807, 2.05) is 6.07 Å². The molecule has 1 aromatic carbocycles. The van der Waals surface area contributed by atoms with Gasteiger partial charge in [-0.1, -0.05) is 18.5 Å². The molecule has 30 heavy (non-hydrogen) atoms. The first-order valence-electron chi connectivity index (χ1n) is 8.40. The number of aliphatic hydroxyl groups is 1. The minimum absolute atomic E-state index is 0.0836. The van der Waals surface area contributed by atoms with Gasteiger partial charge in [0.25, 0.3) is 5.56 Å². The molecule has 7 nitrogen and oxygen atoms in total. The Kier molecular flexibility index (Phi) is 6.80. The summed E-state index contributed by atoms with van der Waals surface area (Å²) in [6.45, 7) is 0.613. The van der Waals surface area contributed by atoms with Crippen molar-refractivity contribution in [3.05, 3.63) is 51.4 Å². The molecule has 2 N–H and O–H groups in total. The van der Waals surface area contributed by atoms with Crippen LogP contribution in [0.1, 0.15) is 18.5 Å². The molecule has 2 aromatic rings. The Bertz CT molecular complexity index is 1060. The van der Waals surface area contributed by atoms with Gasteiger partial charge in [-0.3, -0.25) is 9.36 Å². The number of aliphatic hydroxyl groups excluding tert-OH is 1. The van der Waals surface area contributed by atoms with Crippen LogP contribution in [0.4, 0.5) is 13.2 Å². The number of carboxylic acid groups (broad SMARTS) is 1. The lowest BCUT2D eigenvalue weighted by Crippen LogP contribution is -2.44. The molecule has 0 saturated heterocycles. The van der Waals surface area contributed by atoms with E-state index in [0.29, 0.717) is 11.5 Å². The summed E-state index contributed by atoms with van der Waals surface area (Å²) in [6, 6.07) is 4.83. The van der Waals surface area contributed by atoms with Crippen LogP contribution in [0.25, 0.3) is 11.1 Å². The average Bonchev–Trinajstić information content (AvgIpc) is 2.67. The fourth-order valence-electron chi connectivity index (χ4n) is 2.85. The Balaban J connectivity index is 2.70. The van der Waals surface area contributed by atoms with Crippen LogP contribution >= 0.6 is 11.6 Å². The van der Waals surface area contributed by atoms with Crippen LogP contribution in [0.3, 0.4) is 0 Å².